The Hall–Kier alpha value is -0.610. The highest BCUT2D eigenvalue weighted by molar-refractivity contribution is 9.10. The molecule has 0 aromatic carbocycles. The Morgan fingerprint density at radius 1 is 1.53 bits per heavy atom. The zero-order valence-corrected chi connectivity index (χ0v) is 10.2. The van der Waals surface area contributed by atoms with Crippen LogP contribution in [-0.2, 0) is 0 Å². The van der Waals surface area contributed by atoms with Crippen molar-refractivity contribution in [3.63, 3.8) is 0 Å². The van der Waals surface area contributed by atoms with Gasteiger partial charge in [-0.3, -0.25) is 0 Å². The molecule has 1 fully saturated rings. The molecule has 4 heteroatoms. The lowest BCUT2D eigenvalue weighted by Gasteiger charge is -2.08. The lowest BCUT2D eigenvalue weighted by atomic mass is 10.1. The third-order valence-electron chi connectivity index (χ3n) is 2.64. The Kier molecular flexibility index (Phi) is 3.97. The highest BCUT2D eigenvalue weighted by Crippen LogP contribution is 2.15. The molecule has 0 spiro atoms. The first-order chi connectivity index (χ1) is 7.34. The van der Waals surface area contributed by atoms with E-state index in [2.05, 4.69) is 26.2 Å². The number of aromatic nitrogens is 1. The first-order valence-corrected chi connectivity index (χ1v) is 6.09. The van der Waals surface area contributed by atoms with Crippen LogP contribution >= 0.6 is 15.9 Å². The number of nitrogens with zero attached hydrogens (tertiary/aromatic N) is 1. The van der Waals surface area contributed by atoms with Gasteiger partial charge >= 0.3 is 0 Å². The van der Waals surface area contributed by atoms with Crippen LogP contribution in [0.1, 0.15) is 12.8 Å². The van der Waals surface area contributed by atoms with E-state index >= 15 is 0 Å². The fraction of sp³-hybridized carbons (Fsp3) is 0.545. The van der Waals surface area contributed by atoms with Crippen molar-refractivity contribution in [2.75, 3.05) is 19.7 Å². The first-order valence-electron chi connectivity index (χ1n) is 5.29. The minimum atomic E-state index is 0.712. The summed E-state index contributed by atoms with van der Waals surface area (Å²) in [5.41, 5.74) is 0. The van der Waals surface area contributed by atoms with Crippen LogP contribution in [0, 0.1) is 5.92 Å². The maximum Gasteiger partial charge on any atom is 0.213 e. The largest absolute Gasteiger partial charge is 0.478 e. The monoisotopic (exact) mass is 270 g/mol. The van der Waals surface area contributed by atoms with E-state index in [1.54, 1.807) is 6.20 Å². The highest BCUT2D eigenvalue weighted by Gasteiger charge is 2.13. The van der Waals surface area contributed by atoms with Gasteiger partial charge < -0.3 is 10.1 Å². The van der Waals surface area contributed by atoms with Gasteiger partial charge in [-0.2, -0.15) is 0 Å². The SMILES string of the molecule is Brc1ccc(OCCC2CCNC2)nc1. The minimum Gasteiger partial charge on any atom is -0.478 e. The van der Waals surface area contributed by atoms with Crippen molar-refractivity contribution in [3.05, 3.63) is 22.8 Å². The summed E-state index contributed by atoms with van der Waals surface area (Å²) in [5, 5.41) is 3.35. The zero-order valence-electron chi connectivity index (χ0n) is 8.58. The van der Waals surface area contributed by atoms with E-state index in [1.165, 1.54) is 6.42 Å². The van der Waals surface area contributed by atoms with Crippen LogP contribution in [0.25, 0.3) is 0 Å². The molecule has 2 heterocycles. The molecule has 82 valence electrons. The molecule has 15 heavy (non-hydrogen) atoms. The fourth-order valence-corrected chi connectivity index (χ4v) is 1.97. The summed E-state index contributed by atoms with van der Waals surface area (Å²) in [4.78, 5) is 4.16. The van der Waals surface area contributed by atoms with Gasteiger partial charge in [0, 0.05) is 16.7 Å². The quantitative estimate of drug-likeness (QED) is 0.911. The van der Waals surface area contributed by atoms with Crippen molar-refractivity contribution in [1.29, 1.82) is 0 Å². The van der Waals surface area contributed by atoms with Gasteiger partial charge in [0.15, 0.2) is 0 Å². The van der Waals surface area contributed by atoms with E-state index < -0.39 is 0 Å². The standard InChI is InChI=1S/C11H15BrN2O/c12-10-1-2-11(14-8-10)15-6-4-9-3-5-13-7-9/h1-2,8-9,13H,3-7H2. The molecule has 0 amide bonds. The number of rotatable bonds is 4. The molecule has 1 saturated heterocycles. The Bertz CT molecular complexity index is 296. The number of pyridine rings is 1. The maximum atomic E-state index is 5.56. The minimum absolute atomic E-state index is 0.712. The average molecular weight is 271 g/mol. The Labute approximate surface area is 98.4 Å². The van der Waals surface area contributed by atoms with Gasteiger partial charge in [0.05, 0.1) is 6.61 Å². The van der Waals surface area contributed by atoms with Crippen molar-refractivity contribution in [1.82, 2.24) is 10.3 Å². The van der Waals surface area contributed by atoms with Crippen LogP contribution in [0.3, 0.4) is 0 Å². The van der Waals surface area contributed by atoms with Crippen LogP contribution in [0.2, 0.25) is 0 Å². The third kappa shape index (κ3) is 3.47. The molecule has 1 aromatic heterocycles. The van der Waals surface area contributed by atoms with Gasteiger partial charge in [0.1, 0.15) is 0 Å². The van der Waals surface area contributed by atoms with E-state index in [-0.39, 0.29) is 0 Å². The third-order valence-corrected chi connectivity index (χ3v) is 3.11. The topological polar surface area (TPSA) is 34.1 Å². The molecule has 2 rings (SSSR count). The molecule has 0 aliphatic carbocycles. The van der Waals surface area contributed by atoms with Crippen molar-refractivity contribution in [2.24, 2.45) is 5.92 Å². The summed E-state index contributed by atoms with van der Waals surface area (Å²) in [6, 6.07) is 3.83. The molecule has 3 nitrogen and oxygen atoms in total. The smallest absolute Gasteiger partial charge is 0.213 e. The van der Waals surface area contributed by atoms with Crippen molar-refractivity contribution in [2.45, 2.75) is 12.8 Å². The van der Waals surface area contributed by atoms with Gasteiger partial charge in [0.2, 0.25) is 5.88 Å². The van der Waals surface area contributed by atoms with E-state index in [0.29, 0.717) is 5.88 Å². The Balaban J connectivity index is 1.71. The summed E-state index contributed by atoms with van der Waals surface area (Å²) in [7, 11) is 0. The van der Waals surface area contributed by atoms with Crippen LogP contribution in [0.5, 0.6) is 5.88 Å². The van der Waals surface area contributed by atoms with Crippen molar-refractivity contribution in [3.8, 4) is 5.88 Å². The van der Waals surface area contributed by atoms with Crippen LogP contribution in [-0.4, -0.2) is 24.7 Å². The first kappa shape index (κ1) is 10.9. The second-order valence-electron chi connectivity index (χ2n) is 3.81. The highest BCUT2D eigenvalue weighted by atomic mass is 79.9. The molecule has 0 saturated carbocycles. The molecular formula is C11H15BrN2O. The van der Waals surface area contributed by atoms with E-state index in [4.69, 9.17) is 4.74 Å². The summed E-state index contributed by atoms with van der Waals surface area (Å²) in [6.07, 6.45) is 4.15. The Morgan fingerprint density at radius 3 is 3.13 bits per heavy atom. The summed E-state index contributed by atoms with van der Waals surface area (Å²) < 4.78 is 6.54. The second-order valence-corrected chi connectivity index (χ2v) is 4.73. The van der Waals surface area contributed by atoms with Crippen LogP contribution < -0.4 is 10.1 Å². The number of ether oxygens (including phenoxy) is 1. The van der Waals surface area contributed by atoms with Crippen molar-refractivity contribution >= 4 is 15.9 Å². The lowest BCUT2D eigenvalue weighted by Crippen LogP contribution is -2.11. The zero-order chi connectivity index (χ0) is 10.5. The average Bonchev–Trinajstić information content (AvgIpc) is 2.74. The Morgan fingerprint density at radius 2 is 2.47 bits per heavy atom. The molecule has 1 aliphatic rings. The number of halogens is 1. The lowest BCUT2D eigenvalue weighted by molar-refractivity contribution is 0.274. The summed E-state index contributed by atoms with van der Waals surface area (Å²) >= 11 is 3.34. The second kappa shape index (κ2) is 5.47. The molecule has 1 unspecified atom stereocenters. The van der Waals surface area contributed by atoms with Crippen LogP contribution in [0.4, 0.5) is 0 Å². The number of hydrogen-bond acceptors (Lipinski definition) is 3. The molecule has 1 atom stereocenters. The predicted octanol–water partition coefficient (Wildman–Crippen LogP) is 2.22. The number of hydrogen-bond donors (Lipinski definition) is 1. The normalized spacial score (nSPS) is 20.5. The van der Waals surface area contributed by atoms with Gasteiger partial charge in [-0.1, -0.05) is 0 Å². The molecule has 1 aromatic rings. The molecule has 1 aliphatic heterocycles. The van der Waals surface area contributed by atoms with Crippen LogP contribution in [0.15, 0.2) is 22.8 Å². The molecular weight excluding hydrogens is 256 g/mol. The predicted molar refractivity (Wildman–Crippen MR) is 63.0 cm³/mol. The maximum absolute atomic E-state index is 5.56. The van der Waals surface area contributed by atoms with Gasteiger partial charge in [0.25, 0.3) is 0 Å². The summed E-state index contributed by atoms with van der Waals surface area (Å²) in [6.45, 7) is 3.05. The fourth-order valence-electron chi connectivity index (χ4n) is 1.74. The van der Waals surface area contributed by atoms with E-state index in [1.807, 2.05) is 12.1 Å². The van der Waals surface area contributed by atoms with Gasteiger partial charge in [-0.25, -0.2) is 4.98 Å². The molecule has 0 bridgehead atoms. The number of nitrogens with one attached hydrogen (secondary N) is 1. The van der Waals surface area contributed by atoms with Gasteiger partial charge in [-0.05, 0) is 53.8 Å². The van der Waals surface area contributed by atoms with Gasteiger partial charge in [-0.15, -0.1) is 0 Å². The summed E-state index contributed by atoms with van der Waals surface area (Å²) in [5.74, 6) is 1.49. The molecule has 1 N–H and O–H groups in total. The van der Waals surface area contributed by atoms with Crippen molar-refractivity contribution < 1.29 is 4.74 Å². The molecule has 0 radical (unpaired) electrons. The van der Waals surface area contributed by atoms with E-state index in [9.17, 15) is 0 Å². The van der Waals surface area contributed by atoms with E-state index in [0.717, 1.165) is 36.5 Å².